The van der Waals surface area contributed by atoms with Crippen molar-refractivity contribution in [2.24, 2.45) is 0 Å². The normalized spacial score (nSPS) is 27.2. The number of aliphatic hydroxyl groups excluding tert-OH is 1. The fraction of sp³-hybridized carbons (Fsp3) is 0.300. The third-order valence-corrected chi connectivity index (χ3v) is 6.57. The maximum Gasteiger partial charge on any atom is 0.338 e. The monoisotopic (exact) mass is 532 g/mol. The number of carbonyl (C=O) groups excluding carboxylic acids is 3. The van der Waals surface area contributed by atoms with E-state index in [9.17, 15) is 19.5 Å². The molecule has 0 amide bonds. The molecule has 1 saturated heterocycles. The number of esters is 3. The van der Waals surface area contributed by atoms with Gasteiger partial charge in [0, 0.05) is 0 Å². The molecule has 6 atom stereocenters. The zero-order chi connectivity index (χ0) is 27.6. The predicted octanol–water partition coefficient (Wildman–Crippen LogP) is 3.56. The molecule has 0 unspecified atom stereocenters. The summed E-state index contributed by atoms with van der Waals surface area (Å²) in [5.74, 6) is -3.35. The molecule has 0 radical (unpaired) electrons. The summed E-state index contributed by atoms with van der Waals surface area (Å²) in [7, 11) is 0. The van der Waals surface area contributed by atoms with Gasteiger partial charge in [0.25, 0.3) is 0 Å². The Morgan fingerprint density at radius 1 is 0.590 bits per heavy atom. The Labute approximate surface area is 225 Å². The van der Waals surface area contributed by atoms with Gasteiger partial charge in [-0.2, -0.15) is 0 Å². The van der Waals surface area contributed by atoms with Crippen LogP contribution < -0.4 is 0 Å². The molecule has 1 N–H and O–H groups in total. The number of ether oxygens (including phenoxy) is 5. The number of rotatable bonds is 6. The van der Waals surface area contributed by atoms with Crippen LogP contribution in [-0.4, -0.2) is 65.4 Å². The lowest BCUT2D eigenvalue weighted by Gasteiger charge is -2.43. The highest BCUT2D eigenvalue weighted by Gasteiger charge is 2.62. The van der Waals surface area contributed by atoms with Crippen LogP contribution >= 0.6 is 0 Å². The minimum absolute atomic E-state index is 0.224. The largest absolute Gasteiger partial charge is 0.453 e. The maximum atomic E-state index is 13.1. The molecule has 3 aromatic carbocycles. The fourth-order valence-electron chi connectivity index (χ4n) is 4.79. The summed E-state index contributed by atoms with van der Waals surface area (Å²) in [6.07, 6.45) is -7.69. The van der Waals surface area contributed by atoms with Crippen molar-refractivity contribution in [3.05, 3.63) is 108 Å². The van der Waals surface area contributed by atoms with Crippen molar-refractivity contribution in [1.82, 2.24) is 0 Å². The van der Waals surface area contributed by atoms with E-state index in [0.717, 1.165) is 0 Å². The third-order valence-electron chi connectivity index (χ3n) is 6.57. The average Bonchev–Trinajstić information content (AvgIpc) is 3.28. The van der Waals surface area contributed by atoms with Gasteiger partial charge in [-0.3, -0.25) is 0 Å². The molecule has 3 aromatic rings. The predicted molar refractivity (Wildman–Crippen MR) is 137 cm³/mol. The number of benzene rings is 3. The molecule has 202 valence electrons. The lowest BCUT2D eigenvalue weighted by Crippen LogP contribution is -2.65. The highest BCUT2D eigenvalue weighted by atomic mass is 16.8. The van der Waals surface area contributed by atoms with E-state index in [0.29, 0.717) is 0 Å². The molecular formula is C30H28O9. The van der Waals surface area contributed by atoms with E-state index < -0.39 is 60.3 Å². The van der Waals surface area contributed by atoms with Gasteiger partial charge in [-0.15, -0.1) is 0 Å². The summed E-state index contributed by atoms with van der Waals surface area (Å²) in [5, 5.41) is 11.5. The molecule has 0 spiro atoms. The van der Waals surface area contributed by atoms with Crippen LogP contribution in [0.1, 0.15) is 44.9 Å². The van der Waals surface area contributed by atoms with Crippen molar-refractivity contribution >= 4 is 17.9 Å². The van der Waals surface area contributed by atoms with Crippen LogP contribution in [0, 0.1) is 0 Å². The molecule has 2 aliphatic rings. The second-order valence-corrected chi connectivity index (χ2v) is 9.76. The Hall–Kier alpha value is -4.05. The average molecular weight is 533 g/mol. The molecule has 1 aliphatic carbocycles. The molecule has 39 heavy (non-hydrogen) atoms. The van der Waals surface area contributed by atoms with Crippen LogP contribution in [0.25, 0.3) is 0 Å². The van der Waals surface area contributed by atoms with Gasteiger partial charge in [0.05, 0.1) is 16.7 Å². The van der Waals surface area contributed by atoms with E-state index in [2.05, 4.69) is 0 Å². The number of aliphatic hydroxyl groups is 1. The van der Waals surface area contributed by atoms with Crippen molar-refractivity contribution in [3.8, 4) is 0 Å². The van der Waals surface area contributed by atoms with E-state index in [4.69, 9.17) is 23.7 Å². The number of fused-ring (bicyclic) bond motifs is 1. The van der Waals surface area contributed by atoms with E-state index in [-0.39, 0.29) is 16.7 Å². The summed E-state index contributed by atoms with van der Waals surface area (Å²) in [6.45, 7) is 3.30. The summed E-state index contributed by atoms with van der Waals surface area (Å²) < 4.78 is 29.4. The molecule has 1 heterocycles. The first-order chi connectivity index (χ1) is 18.7. The minimum atomic E-state index is -1.61. The Balaban J connectivity index is 1.49. The van der Waals surface area contributed by atoms with Gasteiger partial charge in [0.1, 0.15) is 18.3 Å². The number of hydrogen-bond donors (Lipinski definition) is 1. The summed E-state index contributed by atoms with van der Waals surface area (Å²) in [4.78, 5) is 39.1. The molecule has 9 heteroatoms. The van der Waals surface area contributed by atoms with E-state index >= 15 is 0 Å². The molecule has 1 aliphatic heterocycles. The van der Waals surface area contributed by atoms with Crippen molar-refractivity contribution < 1.29 is 43.2 Å². The van der Waals surface area contributed by atoms with E-state index in [1.165, 1.54) is 0 Å². The van der Waals surface area contributed by atoms with Crippen LogP contribution in [0.4, 0.5) is 0 Å². The van der Waals surface area contributed by atoms with Gasteiger partial charge in [-0.05, 0) is 50.2 Å². The minimum Gasteiger partial charge on any atom is -0.453 e. The maximum absolute atomic E-state index is 13.1. The fourth-order valence-corrected chi connectivity index (χ4v) is 4.79. The Bertz CT molecular complexity index is 1310. The second-order valence-electron chi connectivity index (χ2n) is 9.76. The van der Waals surface area contributed by atoms with Gasteiger partial charge < -0.3 is 28.8 Å². The van der Waals surface area contributed by atoms with Crippen molar-refractivity contribution in [2.45, 2.75) is 56.3 Å². The smallest absolute Gasteiger partial charge is 0.338 e. The van der Waals surface area contributed by atoms with Gasteiger partial charge in [0.15, 0.2) is 24.1 Å². The molecule has 0 bridgehead atoms. The number of hydrogen-bond acceptors (Lipinski definition) is 9. The lowest BCUT2D eigenvalue weighted by atomic mass is 9.84. The first-order valence-corrected chi connectivity index (χ1v) is 12.6. The molecule has 9 nitrogen and oxygen atoms in total. The summed E-state index contributed by atoms with van der Waals surface area (Å²) >= 11 is 0. The van der Waals surface area contributed by atoms with E-state index in [1.54, 1.807) is 105 Å². The molecule has 5 rings (SSSR count). The van der Waals surface area contributed by atoms with Crippen molar-refractivity contribution in [2.75, 3.05) is 0 Å². The third kappa shape index (κ3) is 5.70. The Morgan fingerprint density at radius 3 is 1.33 bits per heavy atom. The van der Waals surface area contributed by atoms with Crippen molar-refractivity contribution in [1.29, 1.82) is 0 Å². The zero-order valence-electron chi connectivity index (χ0n) is 21.3. The highest BCUT2D eigenvalue weighted by molar-refractivity contribution is 5.91. The molecular weight excluding hydrogens is 504 g/mol. The first-order valence-electron chi connectivity index (χ1n) is 12.6. The molecule has 2 fully saturated rings. The van der Waals surface area contributed by atoms with Crippen LogP contribution in [0.15, 0.2) is 91.0 Å². The quantitative estimate of drug-likeness (QED) is 0.376. The Morgan fingerprint density at radius 2 is 0.923 bits per heavy atom. The van der Waals surface area contributed by atoms with Gasteiger partial charge in [0.2, 0.25) is 0 Å². The van der Waals surface area contributed by atoms with Gasteiger partial charge in [-0.1, -0.05) is 54.6 Å². The topological polar surface area (TPSA) is 118 Å². The number of carbonyl (C=O) groups is 3. The summed E-state index contributed by atoms with van der Waals surface area (Å²) in [5.41, 5.74) is 0.740. The second kappa shape index (κ2) is 11.0. The van der Waals surface area contributed by atoms with Crippen LogP contribution in [0.3, 0.4) is 0 Å². The standard InChI is InChI=1S/C30H28O9/c1-30(2)38-25-23(36-28(33)19-14-8-4-9-15-19)21(31)22(35-27(32)18-12-6-3-7-13-18)24(26(25)39-30)37-29(34)20-16-10-5-11-17-20/h3-17,21-26,31H,1-2H3/t21-,22-,23+,24+,25+,26-/m0/s1. The van der Waals surface area contributed by atoms with Crippen LogP contribution in [0.2, 0.25) is 0 Å². The van der Waals surface area contributed by atoms with Crippen molar-refractivity contribution in [3.63, 3.8) is 0 Å². The van der Waals surface area contributed by atoms with E-state index in [1.807, 2.05) is 0 Å². The van der Waals surface area contributed by atoms with Gasteiger partial charge >= 0.3 is 17.9 Å². The highest BCUT2D eigenvalue weighted by Crippen LogP contribution is 2.41. The lowest BCUT2D eigenvalue weighted by molar-refractivity contribution is -0.194. The summed E-state index contributed by atoms with van der Waals surface area (Å²) in [6, 6.07) is 24.7. The molecule has 0 aromatic heterocycles. The molecule has 1 saturated carbocycles. The Kier molecular flexibility index (Phi) is 7.47. The SMILES string of the molecule is CC1(C)O[C@@H]2[C@H](O1)[C@H](OC(=O)c1ccccc1)[C@@H](O)[C@H](OC(=O)c1ccccc1)[C@H]2OC(=O)c1ccccc1. The van der Waals surface area contributed by atoms with Crippen LogP contribution in [0.5, 0.6) is 0 Å². The first kappa shape index (κ1) is 26.6. The van der Waals surface area contributed by atoms with Gasteiger partial charge in [-0.25, -0.2) is 14.4 Å². The van der Waals surface area contributed by atoms with Crippen LogP contribution in [-0.2, 0) is 23.7 Å². The zero-order valence-corrected chi connectivity index (χ0v) is 21.3.